The topological polar surface area (TPSA) is 74.8 Å². The zero-order valence-corrected chi connectivity index (χ0v) is 30.4. The highest BCUT2D eigenvalue weighted by Crippen LogP contribution is 2.38. The summed E-state index contributed by atoms with van der Waals surface area (Å²) < 4.78 is 16.0. The Balaban J connectivity index is 1.50. The SMILES string of the molecule is CCOC(=O)C1=C(C)N=c2s/c(=C/c3cc(-c4ccccc4)n(-c4ccc(C)cc4)c3-c3ccccc3)c(=O)n2[C@H]1c1ccc(OC)c(Br)c1. The van der Waals surface area contributed by atoms with Gasteiger partial charge in [0.2, 0.25) is 0 Å². The minimum absolute atomic E-state index is 0.197. The van der Waals surface area contributed by atoms with Gasteiger partial charge >= 0.3 is 5.97 Å². The second-order valence-corrected chi connectivity index (χ2v) is 13.8. The van der Waals surface area contributed by atoms with Crippen molar-refractivity contribution in [2.45, 2.75) is 26.8 Å². The van der Waals surface area contributed by atoms with Crippen LogP contribution in [0.25, 0.3) is 34.3 Å². The van der Waals surface area contributed by atoms with Crippen molar-refractivity contribution in [2.75, 3.05) is 13.7 Å². The highest BCUT2D eigenvalue weighted by Gasteiger charge is 2.34. The smallest absolute Gasteiger partial charge is 0.338 e. The summed E-state index contributed by atoms with van der Waals surface area (Å²) in [5.74, 6) is 0.134. The molecule has 6 aromatic rings. The fraction of sp³-hybridized carbons (Fsp3) is 0.146. The molecule has 0 N–H and O–H groups in total. The molecule has 7 rings (SSSR count). The van der Waals surface area contributed by atoms with Crippen molar-refractivity contribution in [1.82, 2.24) is 9.13 Å². The van der Waals surface area contributed by atoms with Gasteiger partial charge < -0.3 is 14.0 Å². The first kappa shape index (κ1) is 33.3. The van der Waals surface area contributed by atoms with Gasteiger partial charge in [-0.15, -0.1) is 0 Å². The lowest BCUT2D eigenvalue weighted by molar-refractivity contribution is -0.139. The first-order valence-corrected chi connectivity index (χ1v) is 17.9. The number of hydrogen-bond acceptors (Lipinski definition) is 6. The van der Waals surface area contributed by atoms with Gasteiger partial charge in [-0.3, -0.25) is 9.36 Å². The molecule has 0 amide bonds. The Bertz CT molecular complexity index is 2440. The van der Waals surface area contributed by atoms with E-state index in [1.165, 1.54) is 16.9 Å². The van der Waals surface area contributed by atoms with Crippen molar-refractivity contribution in [1.29, 1.82) is 0 Å². The van der Waals surface area contributed by atoms with Crippen molar-refractivity contribution in [3.8, 4) is 34.0 Å². The number of fused-ring (bicyclic) bond motifs is 1. The average Bonchev–Trinajstić information content (AvgIpc) is 3.65. The minimum atomic E-state index is -0.750. The monoisotopic (exact) mass is 743 g/mol. The molecule has 250 valence electrons. The maximum Gasteiger partial charge on any atom is 0.338 e. The number of allylic oxidation sites excluding steroid dienone is 1. The molecule has 1 aliphatic heterocycles. The molecule has 7 nitrogen and oxygen atoms in total. The van der Waals surface area contributed by atoms with E-state index in [1.807, 2.05) is 60.7 Å². The number of rotatable bonds is 8. The number of methoxy groups -OCH3 is 1. The molecule has 2 aromatic heterocycles. The van der Waals surface area contributed by atoms with E-state index in [0.29, 0.717) is 30.8 Å². The van der Waals surface area contributed by atoms with E-state index in [4.69, 9.17) is 14.5 Å². The van der Waals surface area contributed by atoms with Crippen molar-refractivity contribution in [3.63, 3.8) is 0 Å². The van der Waals surface area contributed by atoms with E-state index in [0.717, 1.165) is 39.3 Å². The summed E-state index contributed by atoms with van der Waals surface area (Å²) in [6.07, 6.45) is 1.95. The third kappa shape index (κ3) is 6.08. The molecule has 0 unspecified atom stereocenters. The van der Waals surface area contributed by atoms with Crippen LogP contribution in [0.15, 0.2) is 135 Å². The van der Waals surface area contributed by atoms with Crippen molar-refractivity contribution < 1.29 is 14.3 Å². The summed E-state index contributed by atoms with van der Waals surface area (Å²) in [4.78, 5) is 33.4. The van der Waals surface area contributed by atoms with Crippen molar-refractivity contribution in [2.24, 2.45) is 4.99 Å². The lowest BCUT2D eigenvalue weighted by Crippen LogP contribution is -2.40. The number of halogens is 1. The Kier molecular flexibility index (Phi) is 9.27. The molecule has 0 radical (unpaired) electrons. The van der Waals surface area contributed by atoms with Crippen molar-refractivity contribution >= 4 is 39.3 Å². The summed E-state index contributed by atoms with van der Waals surface area (Å²) in [5, 5.41) is 0. The molecule has 0 saturated carbocycles. The van der Waals surface area contributed by atoms with Crippen LogP contribution >= 0.6 is 27.3 Å². The van der Waals surface area contributed by atoms with Gasteiger partial charge in [0.25, 0.3) is 5.56 Å². The lowest BCUT2D eigenvalue weighted by Gasteiger charge is -2.25. The summed E-state index contributed by atoms with van der Waals surface area (Å²) in [5.41, 5.74) is 8.38. The Labute approximate surface area is 302 Å². The number of esters is 1. The maximum absolute atomic E-state index is 14.6. The van der Waals surface area contributed by atoms with Crippen LogP contribution in [0.2, 0.25) is 0 Å². The molecule has 0 aliphatic carbocycles. The van der Waals surface area contributed by atoms with E-state index >= 15 is 0 Å². The molecular weight excluding hydrogens is 710 g/mol. The number of thiazole rings is 1. The lowest BCUT2D eigenvalue weighted by atomic mass is 9.96. The number of aryl methyl sites for hydroxylation is 1. The highest BCUT2D eigenvalue weighted by molar-refractivity contribution is 9.10. The zero-order valence-electron chi connectivity index (χ0n) is 28.0. The van der Waals surface area contributed by atoms with Gasteiger partial charge in [-0.2, -0.15) is 0 Å². The van der Waals surface area contributed by atoms with Crippen LogP contribution in [-0.2, 0) is 9.53 Å². The first-order valence-electron chi connectivity index (χ1n) is 16.3. The molecule has 9 heteroatoms. The molecule has 1 atom stereocenters. The predicted octanol–water partition coefficient (Wildman–Crippen LogP) is 8.00. The van der Waals surface area contributed by atoms with Crippen LogP contribution in [0.3, 0.4) is 0 Å². The van der Waals surface area contributed by atoms with Gasteiger partial charge in [-0.05, 0) is 89.8 Å². The Morgan fingerprint density at radius 2 is 1.60 bits per heavy atom. The third-order valence-corrected chi connectivity index (χ3v) is 10.3. The Morgan fingerprint density at radius 1 is 0.920 bits per heavy atom. The van der Waals surface area contributed by atoms with Gasteiger partial charge in [-0.25, -0.2) is 9.79 Å². The van der Waals surface area contributed by atoms with E-state index in [9.17, 15) is 9.59 Å². The van der Waals surface area contributed by atoms with Gasteiger partial charge in [0.15, 0.2) is 4.80 Å². The largest absolute Gasteiger partial charge is 0.496 e. The second-order valence-electron chi connectivity index (χ2n) is 11.9. The molecule has 1 aliphatic rings. The molecule has 4 aromatic carbocycles. The van der Waals surface area contributed by atoms with Gasteiger partial charge in [0, 0.05) is 11.3 Å². The molecule has 50 heavy (non-hydrogen) atoms. The third-order valence-electron chi connectivity index (χ3n) is 8.73. The number of benzene rings is 4. The van der Waals surface area contributed by atoms with E-state index < -0.39 is 12.0 Å². The fourth-order valence-corrected chi connectivity index (χ4v) is 8.01. The quantitative estimate of drug-likeness (QED) is 0.148. The van der Waals surface area contributed by atoms with Crippen LogP contribution in [0.1, 0.15) is 36.6 Å². The molecule has 0 bridgehead atoms. The molecule has 0 saturated heterocycles. The standard InChI is InChI=1S/C41H34BrN3O4S/c1-5-49-40(47)36-26(3)43-41-45(38(36)29-18-21-34(48-4)32(42)22-29)39(46)35(50-41)24-30-23-33(27-12-8-6-9-13-27)44(31-19-16-25(2)17-20-31)37(30)28-14-10-7-11-15-28/h6-24,38H,5H2,1-4H3/b35-24+/t38-/m0/s1. The zero-order chi connectivity index (χ0) is 34.9. The average molecular weight is 745 g/mol. The summed E-state index contributed by atoms with van der Waals surface area (Å²) in [7, 11) is 1.59. The van der Waals surface area contributed by atoms with E-state index in [1.54, 1.807) is 25.5 Å². The fourth-order valence-electron chi connectivity index (χ4n) is 6.42. The number of ether oxygens (including phenoxy) is 2. The predicted molar refractivity (Wildman–Crippen MR) is 202 cm³/mol. The Hall–Kier alpha value is -5.25. The number of carbonyl (C=O) groups is 1. The van der Waals surface area contributed by atoms with Crippen molar-refractivity contribution in [3.05, 3.63) is 161 Å². The number of carbonyl (C=O) groups excluding carboxylic acids is 1. The first-order chi connectivity index (χ1) is 24.3. The normalized spacial score (nSPS) is 14.3. The van der Waals surface area contributed by atoms with Crippen LogP contribution in [-0.4, -0.2) is 28.8 Å². The number of hydrogen-bond donors (Lipinski definition) is 0. The van der Waals surface area contributed by atoms with Gasteiger partial charge in [0.05, 0.1) is 51.4 Å². The van der Waals surface area contributed by atoms with Gasteiger partial charge in [0.1, 0.15) is 5.75 Å². The molecular formula is C41H34BrN3O4S. The van der Waals surface area contributed by atoms with Crippen LogP contribution in [0.5, 0.6) is 5.75 Å². The molecule has 0 spiro atoms. The summed E-state index contributed by atoms with van der Waals surface area (Å²) in [6.45, 7) is 5.83. The number of aromatic nitrogens is 2. The van der Waals surface area contributed by atoms with E-state index in [2.05, 4.69) is 82.0 Å². The van der Waals surface area contributed by atoms with Crippen LogP contribution in [0, 0.1) is 6.92 Å². The number of nitrogens with zero attached hydrogens (tertiary/aromatic N) is 3. The van der Waals surface area contributed by atoms with Crippen LogP contribution in [0.4, 0.5) is 0 Å². The maximum atomic E-state index is 14.6. The minimum Gasteiger partial charge on any atom is -0.496 e. The molecule has 3 heterocycles. The second kappa shape index (κ2) is 13.9. The van der Waals surface area contributed by atoms with E-state index in [-0.39, 0.29) is 12.2 Å². The highest BCUT2D eigenvalue weighted by atomic mass is 79.9. The Morgan fingerprint density at radius 3 is 2.24 bits per heavy atom. The van der Waals surface area contributed by atoms with Crippen LogP contribution < -0.4 is 19.6 Å². The summed E-state index contributed by atoms with van der Waals surface area (Å²) in [6, 6.07) is 35.9. The van der Waals surface area contributed by atoms with Gasteiger partial charge in [-0.1, -0.05) is 95.8 Å². The molecule has 0 fully saturated rings. The summed E-state index contributed by atoms with van der Waals surface area (Å²) >= 11 is 4.90.